The molecule has 0 spiro atoms. The fourth-order valence-corrected chi connectivity index (χ4v) is 1.47. The largest absolute Gasteiger partial charge is 0.573 e. The predicted octanol–water partition coefficient (Wildman–Crippen LogP) is 3.41. The van der Waals surface area contributed by atoms with E-state index in [1.807, 2.05) is 0 Å². The van der Waals surface area contributed by atoms with Crippen LogP contribution in [-0.4, -0.2) is 30.6 Å². The lowest BCUT2D eigenvalue weighted by Crippen LogP contribution is -2.34. The van der Waals surface area contributed by atoms with Crippen molar-refractivity contribution in [2.45, 2.75) is 39.2 Å². The Kier molecular flexibility index (Phi) is 6.44. The van der Waals surface area contributed by atoms with E-state index >= 15 is 0 Å². The summed E-state index contributed by atoms with van der Waals surface area (Å²) >= 11 is 0. The Morgan fingerprint density at radius 2 is 1.58 bits per heavy atom. The normalized spacial score (nSPS) is 11.6. The highest BCUT2D eigenvalue weighted by Crippen LogP contribution is 2.24. The number of nitrogens with one attached hydrogen (secondary N) is 1. The minimum atomic E-state index is -4.79. The summed E-state index contributed by atoms with van der Waals surface area (Å²) in [7, 11) is 0. The van der Waals surface area contributed by atoms with E-state index in [0.29, 0.717) is 0 Å². The molecular formula is C15H18F3NO5. The summed E-state index contributed by atoms with van der Waals surface area (Å²) in [6.07, 6.45) is -5.57. The lowest BCUT2D eigenvalue weighted by atomic mass is 10.2. The van der Waals surface area contributed by atoms with Gasteiger partial charge in [0.05, 0.1) is 6.42 Å². The standard InChI is InChI=1S/C15H18F3NO5/c1-14(2,3)24-13(21)19-9-8-12(20)22-10-4-6-11(7-5-10)23-15(16,17)18/h4-7H,8-9H2,1-3H3,(H,19,21). The van der Waals surface area contributed by atoms with Gasteiger partial charge in [-0.3, -0.25) is 4.79 Å². The molecule has 134 valence electrons. The van der Waals surface area contributed by atoms with Gasteiger partial charge >= 0.3 is 18.4 Å². The molecule has 0 heterocycles. The number of alkyl halides is 3. The van der Waals surface area contributed by atoms with Crippen LogP contribution in [0.5, 0.6) is 11.5 Å². The number of ether oxygens (including phenoxy) is 3. The van der Waals surface area contributed by atoms with Gasteiger partial charge in [0, 0.05) is 6.54 Å². The first-order valence-electron chi connectivity index (χ1n) is 6.98. The average Bonchev–Trinajstić information content (AvgIpc) is 2.37. The Hall–Kier alpha value is -2.45. The number of carbonyl (C=O) groups is 2. The van der Waals surface area contributed by atoms with Crippen molar-refractivity contribution in [2.24, 2.45) is 0 Å². The monoisotopic (exact) mass is 349 g/mol. The second-order valence-electron chi connectivity index (χ2n) is 5.67. The molecule has 6 nitrogen and oxygen atoms in total. The number of benzene rings is 1. The van der Waals surface area contributed by atoms with Gasteiger partial charge in [0.2, 0.25) is 0 Å². The summed E-state index contributed by atoms with van der Waals surface area (Å²) in [6, 6.07) is 4.38. The van der Waals surface area contributed by atoms with Crippen LogP contribution < -0.4 is 14.8 Å². The molecule has 1 N–H and O–H groups in total. The minimum Gasteiger partial charge on any atom is -0.444 e. The molecular weight excluding hydrogens is 331 g/mol. The molecule has 0 atom stereocenters. The van der Waals surface area contributed by atoms with E-state index in [1.165, 1.54) is 12.1 Å². The van der Waals surface area contributed by atoms with Gasteiger partial charge in [0.25, 0.3) is 0 Å². The first kappa shape index (κ1) is 19.6. The predicted molar refractivity (Wildman–Crippen MR) is 77.6 cm³/mol. The van der Waals surface area contributed by atoms with Gasteiger partial charge in [0.1, 0.15) is 17.1 Å². The van der Waals surface area contributed by atoms with Crippen molar-refractivity contribution >= 4 is 12.1 Å². The van der Waals surface area contributed by atoms with Gasteiger partial charge in [-0.25, -0.2) is 4.79 Å². The van der Waals surface area contributed by atoms with E-state index in [9.17, 15) is 22.8 Å². The van der Waals surface area contributed by atoms with Gasteiger partial charge in [-0.05, 0) is 45.0 Å². The Morgan fingerprint density at radius 1 is 1.04 bits per heavy atom. The van der Waals surface area contributed by atoms with Gasteiger partial charge < -0.3 is 19.5 Å². The van der Waals surface area contributed by atoms with Gasteiger partial charge in [0.15, 0.2) is 0 Å². The van der Waals surface area contributed by atoms with Crippen molar-refractivity contribution in [3.63, 3.8) is 0 Å². The number of alkyl carbamates (subject to hydrolysis) is 1. The lowest BCUT2D eigenvalue weighted by Gasteiger charge is -2.19. The number of hydrogen-bond donors (Lipinski definition) is 1. The molecule has 0 radical (unpaired) electrons. The van der Waals surface area contributed by atoms with Crippen LogP contribution in [0.25, 0.3) is 0 Å². The van der Waals surface area contributed by atoms with Crippen molar-refractivity contribution in [3.8, 4) is 11.5 Å². The number of esters is 1. The fourth-order valence-electron chi connectivity index (χ4n) is 1.47. The second-order valence-corrected chi connectivity index (χ2v) is 5.67. The van der Waals surface area contributed by atoms with Crippen molar-refractivity contribution in [1.82, 2.24) is 5.32 Å². The Labute approximate surface area is 136 Å². The molecule has 1 aromatic carbocycles. The van der Waals surface area contributed by atoms with Crippen molar-refractivity contribution in [3.05, 3.63) is 24.3 Å². The highest BCUT2D eigenvalue weighted by atomic mass is 19.4. The highest BCUT2D eigenvalue weighted by molar-refractivity contribution is 5.74. The van der Waals surface area contributed by atoms with E-state index < -0.39 is 29.8 Å². The molecule has 1 rings (SSSR count). The maximum absolute atomic E-state index is 12.0. The summed E-state index contributed by atoms with van der Waals surface area (Å²) in [5.41, 5.74) is -0.648. The summed E-state index contributed by atoms with van der Waals surface area (Å²) < 4.78 is 49.6. The molecule has 0 saturated carbocycles. The van der Waals surface area contributed by atoms with Crippen LogP contribution in [-0.2, 0) is 9.53 Å². The molecule has 0 bridgehead atoms. The molecule has 0 saturated heterocycles. The smallest absolute Gasteiger partial charge is 0.444 e. The Morgan fingerprint density at radius 3 is 2.08 bits per heavy atom. The van der Waals surface area contributed by atoms with Crippen LogP contribution in [0.3, 0.4) is 0 Å². The molecule has 0 aliphatic carbocycles. The van der Waals surface area contributed by atoms with E-state index in [0.717, 1.165) is 12.1 Å². The third kappa shape index (κ3) is 8.86. The van der Waals surface area contributed by atoms with Crippen molar-refractivity contribution in [1.29, 1.82) is 0 Å². The zero-order valence-corrected chi connectivity index (χ0v) is 13.4. The lowest BCUT2D eigenvalue weighted by molar-refractivity contribution is -0.274. The van der Waals surface area contributed by atoms with E-state index in [2.05, 4.69) is 10.1 Å². The van der Waals surface area contributed by atoms with Crippen molar-refractivity contribution in [2.75, 3.05) is 6.54 Å². The summed E-state index contributed by atoms with van der Waals surface area (Å²) in [5.74, 6) is -1.02. The number of carbonyl (C=O) groups excluding carboxylic acids is 2. The third-order valence-corrected chi connectivity index (χ3v) is 2.29. The van der Waals surface area contributed by atoms with E-state index in [4.69, 9.17) is 9.47 Å². The topological polar surface area (TPSA) is 73.9 Å². The molecule has 1 aromatic rings. The first-order chi connectivity index (χ1) is 10.9. The van der Waals surface area contributed by atoms with E-state index in [1.54, 1.807) is 20.8 Å². The van der Waals surface area contributed by atoms with Gasteiger partial charge in [-0.1, -0.05) is 0 Å². The summed E-state index contributed by atoms with van der Waals surface area (Å²) in [4.78, 5) is 22.9. The SMILES string of the molecule is CC(C)(C)OC(=O)NCCC(=O)Oc1ccc(OC(F)(F)F)cc1. The van der Waals surface area contributed by atoms with Crippen LogP contribution in [0.2, 0.25) is 0 Å². The van der Waals surface area contributed by atoms with Gasteiger partial charge in [-0.15, -0.1) is 13.2 Å². The molecule has 0 aromatic heterocycles. The first-order valence-corrected chi connectivity index (χ1v) is 6.98. The summed E-state index contributed by atoms with van der Waals surface area (Å²) in [5, 5.41) is 2.38. The zero-order valence-electron chi connectivity index (χ0n) is 13.4. The molecule has 0 unspecified atom stereocenters. The number of amides is 1. The van der Waals surface area contributed by atoms with Crippen LogP contribution in [0.4, 0.5) is 18.0 Å². The van der Waals surface area contributed by atoms with Gasteiger partial charge in [-0.2, -0.15) is 0 Å². The minimum absolute atomic E-state index is 0.00299. The maximum atomic E-state index is 12.0. The third-order valence-electron chi connectivity index (χ3n) is 2.29. The average molecular weight is 349 g/mol. The molecule has 0 fully saturated rings. The van der Waals surface area contributed by atoms with Crippen molar-refractivity contribution < 1.29 is 37.0 Å². The number of halogens is 3. The zero-order chi connectivity index (χ0) is 18.4. The molecule has 0 aliphatic heterocycles. The van der Waals surface area contributed by atoms with Crippen LogP contribution in [0, 0.1) is 0 Å². The van der Waals surface area contributed by atoms with Crippen LogP contribution >= 0.6 is 0 Å². The molecule has 9 heteroatoms. The molecule has 24 heavy (non-hydrogen) atoms. The molecule has 0 aliphatic rings. The van der Waals surface area contributed by atoms with Crippen LogP contribution in [0.15, 0.2) is 24.3 Å². The summed E-state index contributed by atoms with van der Waals surface area (Å²) in [6.45, 7) is 5.11. The number of rotatable bonds is 5. The second kappa shape index (κ2) is 7.89. The maximum Gasteiger partial charge on any atom is 0.573 e. The fraction of sp³-hybridized carbons (Fsp3) is 0.467. The highest BCUT2D eigenvalue weighted by Gasteiger charge is 2.31. The molecule has 1 amide bonds. The Balaban J connectivity index is 2.36. The quantitative estimate of drug-likeness (QED) is 0.651. The van der Waals surface area contributed by atoms with E-state index in [-0.39, 0.29) is 18.7 Å². The Bertz CT molecular complexity index is 564. The van der Waals surface area contributed by atoms with Crippen LogP contribution in [0.1, 0.15) is 27.2 Å². The number of hydrogen-bond acceptors (Lipinski definition) is 5.